The second kappa shape index (κ2) is 5.66. The van der Waals surface area contributed by atoms with Crippen molar-refractivity contribution in [3.63, 3.8) is 0 Å². The van der Waals surface area contributed by atoms with Crippen LogP contribution in [0, 0.1) is 0 Å². The molecule has 1 aromatic rings. The lowest BCUT2D eigenvalue weighted by atomic mass is 10.2. The van der Waals surface area contributed by atoms with Crippen molar-refractivity contribution in [3.05, 3.63) is 29.8 Å². The van der Waals surface area contributed by atoms with Crippen LogP contribution in [0.25, 0.3) is 0 Å². The molecule has 3 heteroatoms. The van der Waals surface area contributed by atoms with Crippen LogP contribution in [-0.2, 0) is 4.74 Å². The first-order valence-corrected chi connectivity index (χ1v) is 5.69. The normalized spacial score (nSPS) is 19.6. The third-order valence-corrected chi connectivity index (χ3v) is 2.77. The van der Waals surface area contributed by atoms with Crippen LogP contribution < -0.4 is 4.74 Å². The molecule has 1 aromatic carbocycles. The summed E-state index contributed by atoms with van der Waals surface area (Å²) in [5.41, 5.74) is 0.606. The van der Waals surface area contributed by atoms with Gasteiger partial charge in [0.2, 0.25) is 0 Å². The molecule has 0 N–H and O–H groups in total. The van der Waals surface area contributed by atoms with Crippen molar-refractivity contribution >= 4 is 6.29 Å². The number of carbonyl (C=O) groups is 1. The zero-order valence-electron chi connectivity index (χ0n) is 9.22. The van der Waals surface area contributed by atoms with E-state index >= 15 is 0 Å². The van der Waals surface area contributed by atoms with E-state index in [1.807, 2.05) is 18.2 Å². The molecule has 2 rings (SSSR count). The van der Waals surface area contributed by atoms with Gasteiger partial charge in [-0.25, -0.2) is 0 Å². The minimum atomic E-state index is 0.336. The summed E-state index contributed by atoms with van der Waals surface area (Å²) in [5, 5.41) is 0. The predicted molar refractivity (Wildman–Crippen MR) is 60.9 cm³/mol. The quantitative estimate of drug-likeness (QED) is 0.715. The van der Waals surface area contributed by atoms with Crippen molar-refractivity contribution in [2.45, 2.75) is 25.4 Å². The van der Waals surface area contributed by atoms with E-state index in [4.69, 9.17) is 9.47 Å². The molecule has 1 fully saturated rings. The van der Waals surface area contributed by atoms with Crippen LogP contribution in [0.15, 0.2) is 24.3 Å². The van der Waals surface area contributed by atoms with E-state index < -0.39 is 0 Å². The molecule has 0 spiro atoms. The number of ether oxygens (including phenoxy) is 2. The van der Waals surface area contributed by atoms with E-state index in [1.54, 1.807) is 6.07 Å². The summed E-state index contributed by atoms with van der Waals surface area (Å²) in [5.74, 6) is 0.662. The fourth-order valence-electron chi connectivity index (χ4n) is 1.88. The van der Waals surface area contributed by atoms with Crippen LogP contribution in [-0.4, -0.2) is 25.6 Å². The van der Waals surface area contributed by atoms with Gasteiger partial charge in [0.1, 0.15) is 5.75 Å². The van der Waals surface area contributed by atoms with Crippen LogP contribution in [0.2, 0.25) is 0 Å². The number of hydrogen-bond donors (Lipinski definition) is 0. The maximum absolute atomic E-state index is 10.7. The molecule has 1 aliphatic rings. The molecule has 1 aliphatic heterocycles. The highest BCUT2D eigenvalue weighted by atomic mass is 16.5. The summed E-state index contributed by atoms with van der Waals surface area (Å²) in [6.45, 7) is 1.48. The van der Waals surface area contributed by atoms with Crippen LogP contribution in [0.4, 0.5) is 0 Å². The fraction of sp³-hybridized carbons (Fsp3) is 0.462. The molecule has 1 heterocycles. The molecule has 1 saturated heterocycles. The number of rotatable bonds is 5. The highest BCUT2D eigenvalue weighted by Gasteiger charge is 2.15. The van der Waals surface area contributed by atoms with Crippen molar-refractivity contribution < 1.29 is 14.3 Å². The van der Waals surface area contributed by atoms with E-state index in [0.717, 1.165) is 32.2 Å². The van der Waals surface area contributed by atoms with E-state index in [2.05, 4.69) is 0 Å². The first-order valence-electron chi connectivity index (χ1n) is 5.69. The number of aldehydes is 1. The van der Waals surface area contributed by atoms with Gasteiger partial charge >= 0.3 is 0 Å². The molecule has 0 amide bonds. The van der Waals surface area contributed by atoms with E-state index in [0.29, 0.717) is 24.0 Å². The molecule has 1 unspecified atom stereocenters. The van der Waals surface area contributed by atoms with Crippen LogP contribution in [0.1, 0.15) is 29.6 Å². The van der Waals surface area contributed by atoms with Gasteiger partial charge in [-0.1, -0.05) is 12.1 Å². The van der Waals surface area contributed by atoms with Crippen LogP contribution in [0.5, 0.6) is 5.75 Å². The minimum Gasteiger partial charge on any atom is -0.493 e. The fourth-order valence-corrected chi connectivity index (χ4v) is 1.88. The Morgan fingerprint density at radius 2 is 2.31 bits per heavy atom. The molecular formula is C13H16O3. The van der Waals surface area contributed by atoms with Gasteiger partial charge in [0.05, 0.1) is 18.3 Å². The minimum absolute atomic E-state index is 0.336. The van der Waals surface area contributed by atoms with E-state index in [1.165, 1.54) is 0 Å². The number of benzene rings is 1. The van der Waals surface area contributed by atoms with Gasteiger partial charge in [0.15, 0.2) is 6.29 Å². The second-order valence-electron chi connectivity index (χ2n) is 3.93. The van der Waals surface area contributed by atoms with Gasteiger partial charge in [-0.15, -0.1) is 0 Å². The lowest BCUT2D eigenvalue weighted by Crippen LogP contribution is -2.11. The van der Waals surface area contributed by atoms with Gasteiger partial charge in [-0.2, -0.15) is 0 Å². The van der Waals surface area contributed by atoms with Gasteiger partial charge in [-0.3, -0.25) is 4.79 Å². The van der Waals surface area contributed by atoms with Gasteiger partial charge in [-0.05, 0) is 25.0 Å². The summed E-state index contributed by atoms with van der Waals surface area (Å²) in [7, 11) is 0. The standard InChI is InChI=1S/C13H16O3/c14-10-11-4-1-2-6-13(11)16-9-7-12-5-3-8-15-12/h1-2,4,6,10,12H,3,5,7-9H2. The van der Waals surface area contributed by atoms with Crippen molar-refractivity contribution in [1.29, 1.82) is 0 Å². The summed E-state index contributed by atoms with van der Waals surface area (Å²) in [4.78, 5) is 10.7. The van der Waals surface area contributed by atoms with E-state index in [9.17, 15) is 4.79 Å². The Morgan fingerprint density at radius 1 is 1.44 bits per heavy atom. The maximum atomic E-state index is 10.7. The average molecular weight is 220 g/mol. The number of para-hydroxylation sites is 1. The molecule has 0 aromatic heterocycles. The predicted octanol–water partition coefficient (Wildman–Crippen LogP) is 2.45. The number of hydrogen-bond acceptors (Lipinski definition) is 3. The summed E-state index contributed by atoms with van der Waals surface area (Å²) in [6, 6.07) is 7.28. The second-order valence-corrected chi connectivity index (χ2v) is 3.93. The first-order chi connectivity index (χ1) is 7.90. The number of carbonyl (C=O) groups excluding carboxylic acids is 1. The maximum Gasteiger partial charge on any atom is 0.153 e. The van der Waals surface area contributed by atoms with Crippen molar-refractivity contribution in [2.75, 3.05) is 13.2 Å². The Kier molecular flexibility index (Phi) is 3.94. The molecule has 16 heavy (non-hydrogen) atoms. The smallest absolute Gasteiger partial charge is 0.153 e. The third kappa shape index (κ3) is 2.83. The Bertz CT molecular complexity index is 343. The Hall–Kier alpha value is -1.35. The molecule has 0 radical (unpaired) electrons. The Morgan fingerprint density at radius 3 is 3.06 bits per heavy atom. The third-order valence-electron chi connectivity index (χ3n) is 2.77. The zero-order valence-corrected chi connectivity index (χ0v) is 9.22. The average Bonchev–Trinajstić information content (AvgIpc) is 2.83. The van der Waals surface area contributed by atoms with Gasteiger partial charge in [0, 0.05) is 13.0 Å². The summed E-state index contributed by atoms with van der Waals surface area (Å²) >= 11 is 0. The lowest BCUT2D eigenvalue weighted by Gasteiger charge is -2.11. The largest absolute Gasteiger partial charge is 0.493 e. The van der Waals surface area contributed by atoms with Crippen LogP contribution in [0.3, 0.4) is 0 Å². The molecular weight excluding hydrogens is 204 g/mol. The molecule has 0 aliphatic carbocycles. The van der Waals surface area contributed by atoms with Gasteiger partial charge < -0.3 is 9.47 Å². The van der Waals surface area contributed by atoms with E-state index in [-0.39, 0.29) is 0 Å². The molecule has 86 valence electrons. The molecule has 0 saturated carbocycles. The van der Waals surface area contributed by atoms with Gasteiger partial charge in [0.25, 0.3) is 0 Å². The van der Waals surface area contributed by atoms with Crippen molar-refractivity contribution in [2.24, 2.45) is 0 Å². The highest BCUT2D eigenvalue weighted by molar-refractivity contribution is 5.79. The Labute approximate surface area is 95.4 Å². The molecule has 1 atom stereocenters. The monoisotopic (exact) mass is 220 g/mol. The SMILES string of the molecule is O=Cc1ccccc1OCCC1CCCO1. The zero-order chi connectivity index (χ0) is 11.2. The topological polar surface area (TPSA) is 35.5 Å². The summed E-state index contributed by atoms with van der Waals surface area (Å²) in [6.07, 6.45) is 4.33. The lowest BCUT2D eigenvalue weighted by molar-refractivity contribution is 0.0901. The van der Waals surface area contributed by atoms with Crippen molar-refractivity contribution in [3.8, 4) is 5.75 Å². The van der Waals surface area contributed by atoms with Crippen LogP contribution >= 0.6 is 0 Å². The highest BCUT2D eigenvalue weighted by Crippen LogP contribution is 2.18. The summed E-state index contributed by atoms with van der Waals surface area (Å²) < 4.78 is 11.1. The first kappa shape index (κ1) is 11.1. The molecule has 0 bridgehead atoms. The Balaban J connectivity index is 1.82. The molecule has 3 nitrogen and oxygen atoms in total. The van der Waals surface area contributed by atoms with Crippen molar-refractivity contribution in [1.82, 2.24) is 0 Å².